The van der Waals surface area contributed by atoms with Crippen molar-refractivity contribution < 1.29 is 34.5 Å². The van der Waals surface area contributed by atoms with Crippen molar-refractivity contribution >= 4 is 23.7 Å². The Morgan fingerprint density at radius 2 is 1.35 bits per heavy atom. The number of nitrogens with two attached hydrogens (primary N) is 2. The van der Waals surface area contributed by atoms with Crippen LogP contribution in [0.2, 0.25) is 0 Å². The molecule has 0 radical (unpaired) electrons. The highest BCUT2D eigenvalue weighted by atomic mass is 16.4. The predicted octanol–water partition coefficient (Wildman–Crippen LogP) is -2.60. The molecule has 0 saturated heterocycles. The number of amides is 3. The van der Waals surface area contributed by atoms with Crippen LogP contribution in [-0.2, 0) is 19.2 Å². The van der Waals surface area contributed by atoms with E-state index in [1.54, 1.807) is 13.8 Å². The van der Waals surface area contributed by atoms with Gasteiger partial charge in [-0.15, -0.1) is 0 Å². The van der Waals surface area contributed by atoms with Crippen LogP contribution in [0.1, 0.15) is 47.0 Å². The number of unbranched alkanes of at least 4 members (excludes halogenated alkanes) is 1. The van der Waals surface area contributed by atoms with Gasteiger partial charge >= 0.3 is 5.97 Å². The van der Waals surface area contributed by atoms with E-state index >= 15 is 0 Å². The van der Waals surface area contributed by atoms with E-state index in [-0.39, 0.29) is 12.3 Å². The molecule has 0 heterocycles. The van der Waals surface area contributed by atoms with Gasteiger partial charge in [-0.3, -0.25) is 14.4 Å². The summed E-state index contributed by atoms with van der Waals surface area (Å²) in [5.74, 6) is -3.98. The fraction of sp³-hybridized carbons (Fsp3) is 0.789. The minimum atomic E-state index is -1.55. The van der Waals surface area contributed by atoms with Crippen LogP contribution in [0.3, 0.4) is 0 Å². The second kappa shape index (κ2) is 13.9. The lowest BCUT2D eigenvalue weighted by Gasteiger charge is -2.27. The smallest absolute Gasteiger partial charge is 0.328 e. The van der Waals surface area contributed by atoms with Crippen LogP contribution in [0.15, 0.2) is 0 Å². The van der Waals surface area contributed by atoms with Crippen molar-refractivity contribution in [3.05, 3.63) is 0 Å². The monoisotopic (exact) mass is 447 g/mol. The molecule has 12 nitrogen and oxygen atoms in total. The number of aliphatic hydroxyl groups excluding tert-OH is 2. The Kier molecular flexibility index (Phi) is 12.9. The van der Waals surface area contributed by atoms with Crippen LogP contribution < -0.4 is 27.4 Å². The topological polar surface area (TPSA) is 217 Å². The van der Waals surface area contributed by atoms with Crippen LogP contribution in [0.25, 0.3) is 0 Å². The first-order valence-electron chi connectivity index (χ1n) is 10.3. The van der Waals surface area contributed by atoms with Gasteiger partial charge in [-0.1, -0.05) is 13.8 Å². The summed E-state index contributed by atoms with van der Waals surface area (Å²) in [6.07, 6.45) is -1.25. The van der Waals surface area contributed by atoms with Gasteiger partial charge in [-0.05, 0) is 45.6 Å². The summed E-state index contributed by atoms with van der Waals surface area (Å²) in [6, 6.07) is -4.94. The van der Waals surface area contributed by atoms with Gasteiger partial charge in [0, 0.05) is 0 Å². The fourth-order valence-electron chi connectivity index (χ4n) is 2.67. The average molecular weight is 448 g/mol. The van der Waals surface area contributed by atoms with Gasteiger partial charge in [0.15, 0.2) is 6.04 Å². The van der Waals surface area contributed by atoms with Crippen molar-refractivity contribution in [1.82, 2.24) is 16.0 Å². The van der Waals surface area contributed by atoms with Crippen LogP contribution in [0, 0.1) is 5.92 Å². The number of hydrogen-bond acceptors (Lipinski definition) is 8. The minimum absolute atomic E-state index is 0.173. The molecule has 0 aliphatic carbocycles. The molecule has 0 spiro atoms. The lowest BCUT2D eigenvalue weighted by Crippen LogP contribution is -2.60. The average Bonchev–Trinajstić information content (AvgIpc) is 2.67. The highest BCUT2D eigenvalue weighted by Crippen LogP contribution is 2.07. The van der Waals surface area contributed by atoms with Gasteiger partial charge in [0.1, 0.15) is 18.1 Å². The Hall–Kier alpha value is -2.28. The molecule has 31 heavy (non-hydrogen) atoms. The molecule has 0 aliphatic rings. The molecule has 0 rings (SSSR count). The number of aliphatic carboxylic acids is 1. The lowest BCUT2D eigenvalue weighted by molar-refractivity contribution is -0.145. The van der Waals surface area contributed by atoms with E-state index in [0.717, 1.165) is 0 Å². The van der Waals surface area contributed by atoms with E-state index in [0.29, 0.717) is 19.4 Å². The molecule has 10 N–H and O–H groups in total. The van der Waals surface area contributed by atoms with Crippen molar-refractivity contribution in [1.29, 1.82) is 0 Å². The number of carboxylic acid groups (broad SMARTS) is 1. The molecule has 180 valence electrons. The maximum atomic E-state index is 12.8. The van der Waals surface area contributed by atoms with Gasteiger partial charge in [0.2, 0.25) is 17.7 Å². The van der Waals surface area contributed by atoms with Crippen molar-refractivity contribution in [3.8, 4) is 0 Å². The van der Waals surface area contributed by atoms with Gasteiger partial charge < -0.3 is 42.7 Å². The zero-order valence-corrected chi connectivity index (χ0v) is 18.5. The predicted molar refractivity (Wildman–Crippen MR) is 113 cm³/mol. The third kappa shape index (κ3) is 10.0. The molecule has 0 aliphatic heterocycles. The first-order chi connectivity index (χ1) is 14.3. The summed E-state index contributed by atoms with van der Waals surface area (Å²) in [5, 5.41) is 35.4. The van der Waals surface area contributed by atoms with E-state index in [2.05, 4.69) is 16.0 Å². The Bertz CT molecular complexity index is 612. The Morgan fingerprint density at radius 1 is 0.806 bits per heavy atom. The van der Waals surface area contributed by atoms with Crippen LogP contribution >= 0.6 is 0 Å². The van der Waals surface area contributed by atoms with E-state index in [4.69, 9.17) is 16.6 Å². The number of carboxylic acids is 1. The molecule has 6 atom stereocenters. The highest BCUT2D eigenvalue weighted by Gasteiger charge is 2.33. The second-order valence-corrected chi connectivity index (χ2v) is 7.91. The van der Waals surface area contributed by atoms with Gasteiger partial charge in [0.25, 0.3) is 0 Å². The molecule has 0 fully saturated rings. The maximum absolute atomic E-state index is 12.8. The van der Waals surface area contributed by atoms with Crippen molar-refractivity contribution in [2.24, 2.45) is 17.4 Å². The Labute approximate surface area is 182 Å². The summed E-state index contributed by atoms with van der Waals surface area (Å²) in [6.45, 7) is 6.28. The van der Waals surface area contributed by atoms with Gasteiger partial charge in [-0.25, -0.2) is 4.79 Å². The summed E-state index contributed by atoms with van der Waals surface area (Å²) in [7, 11) is 0. The van der Waals surface area contributed by atoms with Crippen molar-refractivity contribution in [3.63, 3.8) is 0 Å². The van der Waals surface area contributed by atoms with Crippen LogP contribution in [0.4, 0.5) is 0 Å². The van der Waals surface area contributed by atoms with E-state index in [1.807, 2.05) is 0 Å². The van der Waals surface area contributed by atoms with Crippen molar-refractivity contribution in [2.75, 3.05) is 6.54 Å². The molecular weight excluding hydrogens is 410 g/mol. The van der Waals surface area contributed by atoms with Gasteiger partial charge in [0.05, 0.1) is 12.2 Å². The first-order valence-corrected chi connectivity index (χ1v) is 10.3. The van der Waals surface area contributed by atoms with Crippen LogP contribution in [0.5, 0.6) is 0 Å². The molecular formula is C19H37N5O7. The molecule has 0 aromatic heterocycles. The zero-order valence-electron chi connectivity index (χ0n) is 18.5. The SMILES string of the molecule is CC(C)C(NC(=O)C(N)C(C)O)C(=O)NC(CCCCN)C(=O)NC(C(=O)O)C(C)O. The van der Waals surface area contributed by atoms with Crippen molar-refractivity contribution in [2.45, 2.75) is 83.3 Å². The third-order valence-electron chi connectivity index (χ3n) is 4.70. The summed E-state index contributed by atoms with van der Waals surface area (Å²) >= 11 is 0. The summed E-state index contributed by atoms with van der Waals surface area (Å²) in [5.41, 5.74) is 11.1. The summed E-state index contributed by atoms with van der Waals surface area (Å²) < 4.78 is 0. The van der Waals surface area contributed by atoms with Gasteiger partial charge in [-0.2, -0.15) is 0 Å². The molecule has 0 bridgehead atoms. The number of nitrogens with one attached hydrogen (secondary N) is 3. The standard InChI is InChI=1S/C19H37N5O7/c1-9(2)14(23-17(28)13(21)10(3)25)18(29)22-12(7-5-6-8-20)16(27)24-15(11(4)26)19(30)31/h9-15,25-26H,5-8,20-21H2,1-4H3,(H,22,29)(H,23,28)(H,24,27)(H,30,31). The minimum Gasteiger partial charge on any atom is -0.480 e. The second-order valence-electron chi connectivity index (χ2n) is 7.91. The lowest BCUT2D eigenvalue weighted by atomic mass is 10.0. The third-order valence-corrected chi connectivity index (χ3v) is 4.70. The number of aliphatic hydroxyl groups is 2. The molecule has 0 saturated carbocycles. The molecule has 3 amide bonds. The zero-order chi connectivity index (χ0) is 24.3. The summed E-state index contributed by atoms with van der Waals surface area (Å²) in [4.78, 5) is 48.9. The van der Waals surface area contributed by atoms with E-state index in [1.165, 1.54) is 13.8 Å². The molecule has 6 unspecified atom stereocenters. The first kappa shape index (κ1) is 28.7. The molecule has 12 heteroatoms. The van der Waals surface area contributed by atoms with Crippen LogP contribution in [-0.4, -0.2) is 81.9 Å². The maximum Gasteiger partial charge on any atom is 0.328 e. The Balaban J connectivity index is 5.44. The number of carbonyl (C=O) groups excluding carboxylic acids is 3. The quantitative estimate of drug-likeness (QED) is 0.131. The molecule has 0 aromatic carbocycles. The van der Waals surface area contributed by atoms with E-state index in [9.17, 15) is 29.4 Å². The fourth-order valence-corrected chi connectivity index (χ4v) is 2.67. The molecule has 0 aromatic rings. The number of carbonyl (C=O) groups is 4. The highest BCUT2D eigenvalue weighted by molar-refractivity contribution is 5.94. The Morgan fingerprint density at radius 3 is 1.77 bits per heavy atom. The largest absolute Gasteiger partial charge is 0.480 e. The van der Waals surface area contributed by atoms with E-state index < -0.39 is 60.1 Å². The normalized spacial score (nSPS) is 17.1. The number of hydrogen-bond donors (Lipinski definition) is 8. The number of rotatable bonds is 14.